The van der Waals surface area contributed by atoms with E-state index in [0.29, 0.717) is 25.7 Å². The van der Waals surface area contributed by atoms with Crippen molar-refractivity contribution in [3.05, 3.63) is 0 Å². The third kappa shape index (κ3) is 57.8. The van der Waals surface area contributed by atoms with Crippen molar-refractivity contribution < 1.29 is 23.9 Å². The van der Waals surface area contributed by atoms with Crippen LogP contribution in [0.4, 0.5) is 0 Å². The predicted octanol–water partition coefficient (Wildman–Crippen LogP) is 20.0. The topological polar surface area (TPSA) is 126 Å². The standard InChI is InChI=1S/C66H130N4O5/c1-5-9-13-17-21-25-29-33-37-41-45-49-53-57-61(71)67-65(68-62(72)58-54-50-46-42-38-34-30-26-22-18-14-10-6-2)75-66(69-63(73)59-55-51-47-43-39-35-31-27-23-19-15-11-7-3)70-64(74)60-56-52-48-44-40-36-32-28-24-20-16-12-8-4/h65-66H,5-60H2,1-4H3,(H,67,71)(H,68,72)(H,69,73)(H,70,74). The zero-order valence-electron chi connectivity index (χ0n) is 50.8. The molecule has 0 atom stereocenters. The quantitative estimate of drug-likeness (QED) is 0.0357. The maximum atomic E-state index is 13.4. The molecule has 0 fully saturated rings. The summed E-state index contributed by atoms with van der Waals surface area (Å²) in [6.45, 7) is 9.07. The summed E-state index contributed by atoms with van der Waals surface area (Å²) in [4.78, 5) is 53.7. The fraction of sp³-hybridized carbons (Fsp3) is 0.939. The second-order valence-corrected chi connectivity index (χ2v) is 23.1. The molecule has 4 amide bonds. The Morgan fingerprint density at radius 1 is 0.213 bits per heavy atom. The minimum atomic E-state index is -1.19. The van der Waals surface area contributed by atoms with Crippen molar-refractivity contribution in [3.63, 3.8) is 0 Å². The van der Waals surface area contributed by atoms with Crippen LogP contribution in [-0.4, -0.2) is 36.3 Å². The zero-order valence-corrected chi connectivity index (χ0v) is 50.8. The summed E-state index contributed by atoms with van der Waals surface area (Å²) >= 11 is 0. The van der Waals surface area contributed by atoms with Crippen LogP contribution >= 0.6 is 0 Å². The number of rotatable bonds is 62. The van der Waals surface area contributed by atoms with Gasteiger partial charge in [-0.2, -0.15) is 0 Å². The van der Waals surface area contributed by atoms with Crippen LogP contribution in [0, 0.1) is 0 Å². The maximum absolute atomic E-state index is 13.4. The molecule has 0 aliphatic carbocycles. The highest BCUT2D eigenvalue weighted by Crippen LogP contribution is 2.17. The first-order chi connectivity index (χ1) is 36.9. The molecule has 0 saturated carbocycles. The molecular formula is C66H130N4O5. The van der Waals surface area contributed by atoms with Crippen molar-refractivity contribution in [3.8, 4) is 0 Å². The second kappa shape index (κ2) is 61.1. The highest BCUT2D eigenvalue weighted by Gasteiger charge is 2.23. The first kappa shape index (κ1) is 72.8. The van der Waals surface area contributed by atoms with Crippen LogP contribution in [0.1, 0.15) is 387 Å². The van der Waals surface area contributed by atoms with Gasteiger partial charge in [0.15, 0.2) is 0 Å². The van der Waals surface area contributed by atoms with Gasteiger partial charge in [-0.15, -0.1) is 0 Å². The Bertz CT molecular complexity index is 1040. The van der Waals surface area contributed by atoms with Crippen LogP contribution in [0.15, 0.2) is 0 Å². The molecule has 0 radical (unpaired) electrons. The van der Waals surface area contributed by atoms with Gasteiger partial charge < -0.3 is 21.3 Å². The lowest BCUT2D eigenvalue weighted by atomic mass is 10.0. The van der Waals surface area contributed by atoms with Gasteiger partial charge in [0.2, 0.25) is 36.3 Å². The second-order valence-electron chi connectivity index (χ2n) is 23.1. The summed E-state index contributed by atoms with van der Waals surface area (Å²) in [5.74, 6) is -0.835. The largest absolute Gasteiger partial charge is 0.313 e. The molecule has 0 aliphatic rings. The average molecular weight is 1060 g/mol. The lowest BCUT2D eigenvalue weighted by Crippen LogP contribution is -2.58. The molecule has 444 valence electrons. The highest BCUT2D eigenvalue weighted by atomic mass is 16.6. The van der Waals surface area contributed by atoms with Crippen LogP contribution in [0.2, 0.25) is 0 Å². The number of carbonyl (C=O) groups is 4. The van der Waals surface area contributed by atoms with E-state index in [1.807, 2.05) is 0 Å². The summed E-state index contributed by atoms with van der Waals surface area (Å²) in [6, 6.07) is 0. The van der Waals surface area contributed by atoms with Gasteiger partial charge >= 0.3 is 0 Å². The molecule has 75 heavy (non-hydrogen) atoms. The molecular weight excluding hydrogens is 929 g/mol. The molecule has 9 nitrogen and oxygen atoms in total. The SMILES string of the molecule is CCCCCCCCCCCCCCCC(=O)NC(NC(=O)CCCCCCCCCCCCCCC)OC(NC(=O)CCCCCCCCCCCCCCC)NC(=O)CCCCCCCCCCCCCCC. The molecule has 0 aromatic rings. The van der Waals surface area contributed by atoms with Gasteiger partial charge in [0.05, 0.1) is 0 Å². The van der Waals surface area contributed by atoms with Crippen molar-refractivity contribution in [2.24, 2.45) is 0 Å². The van der Waals surface area contributed by atoms with Gasteiger partial charge in [-0.05, 0) is 25.7 Å². The number of hydrogen-bond donors (Lipinski definition) is 4. The van der Waals surface area contributed by atoms with E-state index in [2.05, 4.69) is 49.0 Å². The van der Waals surface area contributed by atoms with Gasteiger partial charge in [-0.1, -0.05) is 336 Å². The Morgan fingerprint density at radius 3 is 0.467 bits per heavy atom. The van der Waals surface area contributed by atoms with E-state index in [4.69, 9.17) is 4.74 Å². The average Bonchev–Trinajstić information content (AvgIpc) is 3.39. The van der Waals surface area contributed by atoms with Crippen molar-refractivity contribution in [1.82, 2.24) is 21.3 Å². The smallest absolute Gasteiger partial charge is 0.223 e. The van der Waals surface area contributed by atoms with Gasteiger partial charge in [0, 0.05) is 25.7 Å². The molecule has 0 aromatic heterocycles. The molecule has 0 heterocycles. The number of ether oxygens (including phenoxy) is 1. The molecule has 0 rings (SSSR count). The van der Waals surface area contributed by atoms with E-state index in [-0.39, 0.29) is 23.6 Å². The summed E-state index contributed by atoms with van der Waals surface area (Å²) in [5, 5.41) is 11.7. The van der Waals surface area contributed by atoms with E-state index in [0.717, 1.165) is 77.0 Å². The summed E-state index contributed by atoms with van der Waals surface area (Å²) < 4.78 is 6.28. The molecule has 0 aliphatic heterocycles. The number of nitrogens with one attached hydrogen (secondary N) is 4. The first-order valence-electron chi connectivity index (χ1n) is 33.7. The summed E-state index contributed by atoms with van der Waals surface area (Å²) in [5.41, 5.74) is 0. The van der Waals surface area contributed by atoms with Crippen LogP contribution in [0.3, 0.4) is 0 Å². The van der Waals surface area contributed by atoms with Crippen LogP contribution < -0.4 is 21.3 Å². The zero-order chi connectivity index (χ0) is 54.6. The maximum Gasteiger partial charge on any atom is 0.223 e. The lowest BCUT2D eigenvalue weighted by Gasteiger charge is -2.27. The molecule has 0 aromatic carbocycles. The Morgan fingerprint density at radius 2 is 0.333 bits per heavy atom. The normalized spacial score (nSPS) is 11.5. The fourth-order valence-corrected chi connectivity index (χ4v) is 10.4. The Kier molecular flexibility index (Phi) is 59.3. The number of carbonyl (C=O) groups excluding carboxylic acids is 4. The van der Waals surface area contributed by atoms with E-state index in [1.165, 1.54) is 257 Å². The van der Waals surface area contributed by atoms with Crippen molar-refractivity contribution in [1.29, 1.82) is 0 Å². The fourth-order valence-electron chi connectivity index (χ4n) is 10.4. The first-order valence-corrected chi connectivity index (χ1v) is 33.7. The Labute approximate surface area is 466 Å². The highest BCUT2D eigenvalue weighted by molar-refractivity contribution is 5.80. The lowest BCUT2D eigenvalue weighted by molar-refractivity contribution is -0.146. The van der Waals surface area contributed by atoms with E-state index >= 15 is 0 Å². The monoisotopic (exact) mass is 1060 g/mol. The van der Waals surface area contributed by atoms with E-state index < -0.39 is 12.7 Å². The molecule has 0 saturated heterocycles. The summed E-state index contributed by atoms with van der Waals surface area (Å²) in [7, 11) is 0. The third-order valence-corrected chi connectivity index (χ3v) is 15.5. The van der Waals surface area contributed by atoms with Crippen molar-refractivity contribution in [2.75, 3.05) is 0 Å². The van der Waals surface area contributed by atoms with Gasteiger partial charge in [-0.3, -0.25) is 23.9 Å². The minimum Gasteiger partial charge on any atom is -0.313 e. The minimum absolute atomic E-state index is 0.209. The van der Waals surface area contributed by atoms with Crippen LogP contribution in [0.25, 0.3) is 0 Å². The number of amides is 4. The molecule has 0 unspecified atom stereocenters. The molecule has 9 heteroatoms. The van der Waals surface area contributed by atoms with E-state index in [1.54, 1.807) is 0 Å². The van der Waals surface area contributed by atoms with Crippen LogP contribution in [-0.2, 0) is 23.9 Å². The van der Waals surface area contributed by atoms with Gasteiger partial charge in [-0.25, -0.2) is 0 Å². The van der Waals surface area contributed by atoms with Crippen LogP contribution in [0.5, 0.6) is 0 Å². The number of unbranched alkanes of at least 4 members (excludes halogenated alkanes) is 48. The summed E-state index contributed by atoms with van der Waals surface area (Å²) in [6.07, 6.45) is 62.9. The molecule has 0 bridgehead atoms. The Hall–Kier alpha value is -2.16. The van der Waals surface area contributed by atoms with Gasteiger partial charge in [0.1, 0.15) is 0 Å². The molecule has 0 spiro atoms. The van der Waals surface area contributed by atoms with E-state index in [9.17, 15) is 19.2 Å². The van der Waals surface area contributed by atoms with Gasteiger partial charge in [0.25, 0.3) is 0 Å². The number of hydrogen-bond acceptors (Lipinski definition) is 5. The Balaban J connectivity index is 5.33. The van der Waals surface area contributed by atoms with Crippen molar-refractivity contribution in [2.45, 2.75) is 400 Å². The predicted molar refractivity (Wildman–Crippen MR) is 322 cm³/mol. The van der Waals surface area contributed by atoms with Crippen molar-refractivity contribution >= 4 is 23.6 Å². The third-order valence-electron chi connectivity index (χ3n) is 15.5. The molecule has 4 N–H and O–H groups in total.